The number of carbonyl (C=O) groups excluding carboxylic acids is 1. The third-order valence-corrected chi connectivity index (χ3v) is 7.02. The summed E-state index contributed by atoms with van der Waals surface area (Å²) < 4.78 is 42.5. The topological polar surface area (TPSA) is 94.2 Å². The fourth-order valence-electron chi connectivity index (χ4n) is 3.32. The maximum atomic E-state index is 12.7. The van der Waals surface area contributed by atoms with Gasteiger partial charge in [0.15, 0.2) is 17.3 Å². The van der Waals surface area contributed by atoms with Crippen LogP contribution in [0.1, 0.15) is 15.9 Å². The molecule has 0 aliphatic carbocycles. The van der Waals surface area contributed by atoms with Gasteiger partial charge in [-0.2, -0.15) is 4.31 Å². The lowest BCUT2D eigenvalue weighted by Gasteiger charge is -2.26. The van der Waals surface area contributed by atoms with Crippen LogP contribution in [0.5, 0.6) is 11.5 Å². The van der Waals surface area contributed by atoms with Crippen molar-refractivity contribution in [1.82, 2.24) is 9.62 Å². The summed E-state index contributed by atoms with van der Waals surface area (Å²) in [4.78, 5) is 12.6. The van der Waals surface area contributed by atoms with E-state index in [9.17, 15) is 13.2 Å². The van der Waals surface area contributed by atoms with E-state index in [0.717, 1.165) is 12.0 Å². The zero-order chi connectivity index (χ0) is 22.3. The van der Waals surface area contributed by atoms with Crippen molar-refractivity contribution < 1.29 is 27.4 Å². The standard InChI is InChI=1S/C22H28N2O6S/c1-28-21-8-3-17(15-22(21)29-2)9-10-23-16-20(25)18-4-6-19(7-5-18)31(26,27)24-11-13-30-14-12-24/h3-8,15,23H,9-14,16H2,1-2H3. The van der Waals surface area contributed by atoms with Gasteiger partial charge in [-0.3, -0.25) is 4.79 Å². The first-order valence-electron chi connectivity index (χ1n) is 10.1. The average molecular weight is 449 g/mol. The molecule has 0 spiro atoms. The highest BCUT2D eigenvalue weighted by atomic mass is 32.2. The molecule has 0 amide bonds. The molecule has 1 fully saturated rings. The van der Waals surface area contributed by atoms with Crippen LogP contribution in [-0.4, -0.2) is 72.1 Å². The van der Waals surface area contributed by atoms with Crippen LogP contribution in [0.25, 0.3) is 0 Å². The predicted molar refractivity (Wildman–Crippen MR) is 116 cm³/mol. The Kier molecular flexibility index (Phi) is 8.03. The van der Waals surface area contributed by atoms with Crippen LogP contribution < -0.4 is 14.8 Å². The van der Waals surface area contributed by atoms with E-state index in [2.05, 4.69) is 5.32 Å². The van der Waals surface area contributed by atoms with Crippen molar-refractivity contribution in [3.63, 3.8) is 0 Å². The minimum absolute atomic E-state index is 0.0948. The van der Waals surface area contributed by atoms with Gasteiger partial charge in [0.05, 0.1) is 38.9 Å². The van der Waals surface area contributed by atoms with Crippen LogP contribution in [0.4, 0.5) is 0 Å². The minimum atomic E-state index is -3.56. The third-order valence-electron chi connectivity index (χ3n) is 5.11. The molecule has 0 saturated carbocycles. The number of carbonyl (C=O) groups is 1. The SMILES string of the molecule is COc1ccc(CCNCC(=O)c2ccc(S(=O)(=O)N3CCOCC3)cc2)cc1OC. The molecule has 0 bridgehead atoms. The van der Waals surface area contributed by atoms with E-state index in [1.807, 2.05) is 18.2 Å². The summed E-state index contributed by atoms with van der Waals surface area (Å²) in [5.41, 5.74) is 1.54. The molecule has 3 rings (SSSR count). The van der Waals surface area contributed by atoms with Gasteiger partial charge in [0.2, 0.25) is 10.0 Å². The van der Waals surface area contributed by atoms with Gasteiger partial charge in [0, 0.05) is 18.7 Å². The van der Waals surface area contributed by atoms with Crippen LogP contribution in [0.2, 0.25) is 0 Å². The summed E-state index contributed by atoms with van der Waals surface area (Å²) >= 11 is 0. The molecular weight excluding hydrogens is 420 g/mol. The molecule has 8 nitrogen and oxygen atoms in total. The zero-order valence-electron chi connectivity index (χ0n) is 17.8. The number of sulfonamides is 1. The molecule has 0 aromatic heterocycles. The van der Waals surface area contributed by atoms with Crippen LogP contribution in [0.15, 0.2) is 47.4 Å². The fraction of sp³-hybridized carbons (Fsp3) is 0.409. The molecule has 31 heavy (non-hydrogen) atoms. The molecule has 1 saturated heterocycles. The van der Waals surface area contributed by atoms with Crippen molar-refractivity contribution in [2.45, 2.75) is 11.3 Å². The predicted octanol–water partition coefficient (Wildman–Crippen LogP) is 1.74. The van der Waals surface area contributed by atoms with Gasteiger partial charge in [-0.15, -0.1) is 0 Å². The number of morpholine rings is 1. The van der Waals surface area contributed by atoms with E-state index >= 15 is 0 Å². The van der Waals surface area contributed by atoms with Crippen molar-refractivity contribution in [3.8, 4) is 11.5 Å². The normalized spacial score (nSPS) is 14.9. The quantitative estimate of drug-likeness (QED) is 0.437. The van der Waals surface area contributed by atoms with E-state index in [-0.39, 0.29) is 17.2 Å². The van der Waals surface area contributed by atoms with E-state index in [1.165, 1.54) is 16.4 Å². The molecule has 2 aromatic carbocycles. The van der Waals surface area contributed by atoms with Gasteiger partial charge in [0.1, 0.15) is 0 Å². The summed E-state index contributed by atoms with van der Waals surface area (Å²) in [6.45, 7) is 2.25. The Hall–Kier alpha value is -2.46. The van der Waals surface area contributed by atoms with Crippen molar-refractivity contribution in [3.05, 3.63) is 53.6 Å². The van der Waals surface area contributed by atoms with Gasteiger partial charge >= 0.3 is 0 Å². The molecule has 0 atom stereocenters. The summed E-state index contributed by atoms with van der Waals surface area (Å²) in [5, 5.41) is 3.13. The smallest absolute Gasteiger partial charge is 0.243 e. The second-order valence-electron chi connectivity index (χ2n) is 7.08. The van der Waals surface area contributed by atoms with Crippen molar-refractivity contribution in [1.29, 1.82) is 0 Å². The van der Waals surface area contributed by atoms with E-state index in [4.69, 9.17) is 14.2 Å². The van der Waals surface area contributed by atoms with Crippen molar-refractivity contribution >= 4 is 15.8 Å². The Labute approximate surface area is 183 Å². The number of rotatable bonds is 10. The average Bonchev–Trinajstić information content (AvgIpc) is 2.82. The van der Waals surface area contributed by atoms with Gasteiger partial charge in [-0.25, -0.2) is 8.42 Å². The molecule has 1 aliphatic rings. The number of nitrogens with zero attached hydrogens (tertiary/aromatic N) is 1. The van der Waals surface area contributed by atoms with Gasteiger partial charge in [0.25, 0.3) is 0 Å². The first-order valence-corrected chi connectivity index (χ1v) is 11.5. The van der Waals surface area contributed by atoms with Crippen LogP contribution >= 0.6 is 0 Å². The van der Waals surface area contributed by atoms with E-state index in [1.54, 1.807) is 26.4 Å². The molecule has 2 aromatic rings. The Balaban J connectivity index is 1.51. The molecule has 1 aliphatic heterocycles. The molecular formula is C22H28N2O6S. The first kappa shape index (κ1) is 23.2. The Morgan fingerprint density at radius 1 is 1.03 bits per heavy atom. The largest absolute Gasteiger partial charge is 0.493 e. The summed E-state index contributed by atoms with van der Waals surface area (Å²) in [7, 11) is -0.374. The molecule has 9 heteroatoms. The number of Topliss-reactive ketones (excluding diaryl/α,β-unsaturated/α-hetero) is 1. The maximum Gasteiger partial charge on any atom is 0.243 e. The summed E-state index contributed by atoms with van der Waals surface area (Å²) in [6.07, 6.45) is 0.727. The van der Waals surface area contributed by atoms with Crippen molar-refractivity contribution in [2.24, 2.45) is 0 Å². The highest BCUT2D eigenvalue weighted by Gasteiger charge is 2.26. The van der Waals surface area contributed by atoms with E-state index < -0.39 is 10.0 Å². The molecule has 0 radical (unpaired) electrons. The number of hydrogen-bond acceptors (Lipinski definition) is 7. The number of hydrogen-bond donors (Lipinski definition) is 1. The second kappa shape index (κ2) is 10.7. The van der Waals surface area contributed by atoms with Gasteiger partial charge in [-0.1, -0.05) is 18.2 Å². The number of ether oxygens (including phenoxy) is 3. The van der Waals surface area contributed by atoms with Crippen LogP contribution in [0.3, 0.4) is 0 Å². The number of ketones is 1. The van der Waals surface area contributed by atoms with Crippen molar-refractivity contribution in [2.75, 3.05) is 53.6 Å². The second-order valence-corrected chi connectivity index (χ2v) is 9.02. The van der Waals surface area contributed by atoms with Crippen LogP contribution in [0, 0.1) is 0 Å². The number of methoxy groups -OCH3 is 2. The lowest BCUT2D eigenvalue weighted by Crippen LogP contribution is -2.40. The third kappa shape index (κ3) is 5.82. The highest BCUT2D eigenvalue weighted by molar-refractivity contribution is 7.89. The fourth-order valence-corrected chi connectivity index (χ4v) is 4.73. The van der Waals surface area contributed by atoms with Gasteiger partial charge < -0.3 is 19.5 Å². The maximum absolute atomic E-state index is 12.7. The van der Waals surface area contributed by atoms with Crippen LogP contribution in [-0.2, 0) is 21.2 Å². The Morgan fingerprint density at radius 2 is 1.71 bits per heavy atom. The molecule has 1 N–H and O–H groups in total. The minimum Gasteiger partial charge on any atom is -0.493 e. The van der Waals surface area contributed by atoms with Gasteiger partial charge in [-0.05, 0) is 42.8 Å². The Morgan fingerprint density at radius 3 is 2.35 bits per heavy atom. The molecule has 0 unspecified atom stereocenters. The lowest BCUT2D eigenvalue weighted by molar-refractivity contribution is 0.0730. The summed E-state index contributed by atoms with van der Waals surface area (Å²) in [6, 6.07) is 11.8. The summed E-state index contributed by atoms with van der Waals surface area (Å²) in [5.74, 6) is 1.25. The lowest BCUT2D eigenvalue weighted by atomic mass is 10.1. The number of nitrogens with one attached hydrogen (secondary N) is 1. The Bertz CT molecular complexity index is 986. The van der Waals surface area contributed by atoms with E-state index in [0.29, 0.717) is 49.9 Å². The molecule has 168 valence electrons. The molecule has 1 heterocycles. The zero-order valence-corrected chi connectivity index (χ0v) is 18.6. The monoisotopic (exact) mass is 448 g/mol. The first-order chi connectivity index (χ1) is 15.0. The highest BCUT2D eigenvalue weighted by Crippen LogP contribution is 2.27. The number of benzene rings is 2.